The van der Waals surface area contributed by atoms with Crippen LogP contribution in [-0.4, -0.2) is 17.5 Å². The molecule has 1 N–H and O–H groups in total. The predicted octanol–water partition coefficient (Wildman–Crippen LogP) is 4.65. The van der Waals surface area contributed by atoms with E-state index in [1.807, 2.05) is 20.8 Å². The lowest BCUT2D eigenvalue weighted by Gasteiger charge is -2.16. The van der Waals surface area contributed by atoms with Crippen LogP contribution in [0.5, 0.6) is 11.5 Å². The fourth-order valence-electron chi connectivity index (χ4n) is 2.44. The van der Waals surface area contributed by atoms with Crippen LogP contribution in [0.2, 0.25) is 0 Å². The Balaban J connectivity index is 2.68. The highest BCUT2D eigenvalue weighted by Gasteiger charge is 2.17. The van der Waals surface area contributed by atoms with Gasteiger partial charge in [0.05, 0.1) is 23.7 Å². The molecule has 0 atom stereocenters. The number of nitriles is 1. The van der Waals surface area contributed by atoms with Gasteiger partial charge in [0, 0.05) is 5.56 Å². The predicted molar refractivity (Wildman–Crippen MR) is 90.8 cm³/mol. The molecule has 126 valence electrons. The number of ketones is 1. The number of carbonyl (C=O) groups is 1. The Kier molecular flexibility index (Phi) is 7.09. The van der Waals surface area contributed by atoms with Gasteiger partial charge < -0.3 is 9.84 Å². The third kappa shape index (κ3) is 5.59. The van der Waals surface area contributed by atoms with Gasteiger partial charge in [-0.3, -0.25) is 4.79 Å². The van der Waals surface area contributed by atoms with Gasteiger partial charge in [0.2, 0.25) is 0 Å². The number of benzene rings is 1. The summed E-state index contributed by atoms with van der Waals surface area (Å²) in [6, 6.07) is 5.67. The number of rotatable bonds is 9. The summed E-state index contributed by atoms with van der Waals surface area (Å²) in [6.07, 6.45) is 4.14. The van der Waals surface area contributed by atoms with Gasteiger partial charge in [0.15, 0.2) is 5.78 Å². The third-order valence-electron chi connectivity index (χ3n) is 3.88. The number of nitrogens with zero attached hydrogens (tertiary/aromatic N) is 1. The quantitative estimate of drug-likeness (QED) is 0.532. The minimum Gasteiger partial charge on any atom is -0.507 e. The summed E-state index contributed by atoms with van der Waals surface area (Å²) in [4.78, 5) is 11.5. The normalized spacial score (nSPS) is 11.1. The molecule has 1 aromatic rings. The topological polar surface area (TPSA) is 70.3 Å². The first-order chi connectivity index (χ1) is 10.8. The Hall–Kier alpha value is -2.02. The average Bonchev–Trinajstić information content (AvgIpc) is 2.49. The zero-order valence-corrected chi connectivity index (χ0v) is 14.6. The molecular weight excluding hydrogens is 290 g/mol. The van der Waals surface area contributed by atoms with Gasteiger partial charge in [0.25, 0.3) is 0 Å². The third-order valence-corrected chi connectivity index (χ3v) is 3.88. The number of unbranched alkanes of at least 4 members (excludes halogenated alkanes) is 1. The van der Waals surface area contributed by atoms with Crippen LogP contribution >= 0.6 is 0 Å². The second-order valence-corrected chi connectivity index (χ2v) is 6.55. The summed E-state index contributed by atoms with van der Waals surface area (Å²) in [5.74, 6) is 0.543. The van der Waals surface area contributed by atoms with Gasteiger partial charge in [-0.1, -0.05) is 13.3 Å². The fourth-order valence-corrected chi connectivity index (χ4v) is 2.44. The van der Waals surface area contributed by atoms with Gasteiger partial charge in [-0.05, 0) is 58.6 Å². The molecule has 0 saturated heterocycles. The summed E-state index contributed by atoms with van der Waals surface area (Å²) in [6.45, 7) is 7.88. The molecule has 23 heavy (non-hydrogen) atoms. The molecular formula is C19H27NO3. The van der Waals surface area contributed by atoms with E-state index < -0.39 is 0 Å². The Labute approximate surface area is 139 Å². The minimum absolute atomic E-state index is 0.0439. The highest BCUT2D eigenvalue weighted by Crippen LogP contribution is 2.33. The monoisotopic (exact) mass is 317 g/mol. The highest BCUT2D eigenvalue weighted by molar-refractivity contribution is 5.97. The summed E-state index contributed by atoms with van der Waals surface area (Å²) in [5, 5.41) is 19.3. The van der Waals surface area contributed by atoms with E-state index in [1.54, 1.807) is 12.1 Å². The van der Waals surface area contributed by atoms with Gasteiger partial charge in [-0.2, -0.15) is 5.26 Å². The van der Waals surface area contributed by atoms with Crippen molar-refractivity contribution in [2.24, 2.45) is 5.41 Å². The lowest BCUT2D eigenvalue weighted by atomic mass is 9.89. The molecule has 4 heteroatoms. The summed E-state index contributed by atoms with van der Waals surface area (Å²) in [5.41, 5.74) is 0.753. The maximum absolute atomic E-state index is 11.5. The molecule has 0 bridgehead atoms. The van der Waals surface area contributed by atoms with Crippen molar-refractivity contribution in [2.75, 3.05) is 6.61 Å². The van der Waals surface area contributed by atoms with E-state index in [9.17, 15) is 9.90 Å². The van der Waals surface area contributed by atoms with Crippen molar-refractivity contribution in [3.8, 4) is 17.6 Å². The van der Waals surface area contributed by atoms with Crippen LogP contribution in [0.1, 0.15) is 69.3 Å². The van der Waals surface area contributed by atoms with Gasteiger partial charge >= 0.3 is 0 Å². The number of phenols is 1. The number of aromatic hydroxyl groups is 1. The molecule has 0 aliphatic carbocycles. The average molecular weight is 317 g/mol. The Morgan fingerprint density at radius 1 is 1.35 bits per heavy atom. The first-order valence-electron chi connectivity index (χ1n) is 8.22. The lowest BCUT2D eigenvalue weighted by molar-refractivity contribution is 0.101. The number of hydrogen-bond donors (Lipinski definition) is 1. The Morgan fingerprint density at radius 2 is 2.04 bits per heavy atom. The van der Waals surface area contributed by atoms with Gasteiger partial charge in [-0.25, -0.2) is 0 Å². The first kappa shape index (κ1) is 19.0. The number of ether oxygens (including phenoxy) is 1. The Morgan fingerprint density at radius 3 is 2.61 bits per heavy atom. The maximum atomic E-state index is 11.5. The second kappa shape index (κ2) is 8.57. The zero-order chi connectivity index (χ0) is 17.5. The van der Waals surface area contributed by atoms with Crippen molar-refractivity contribution in [1.82, 2.24) is 0 Å². The number of Topliss-reactive ketones (excluding diaryl/α,β-unsaturated/α-hetero) is 1. The van der Waals surface area contributed by atoms with Crippen molar-refractivity contribution in [2.45, 2.75) is 59.8 Å². The molecule has 0 unspecified atom stereocenters. The summed E-state index contributed by atoms with van der Waals surface area (Å²) >= 11 is 0. The summed E-state index contributed by atoms with van der Waals surface area (Å²) in [7, 11) is 0. The molecule has 0 heterocycles. The van der Waals surface area contributed by atoms with E-state index in [-0.39, 0.29) is 16.9 Å². The molecule has 0 spiro atoms. The van der Waals surface area contributed by atoms with Gasteiger partial charge in [0.1, 0.15) is 11.5 Å². The van der Waals surface area contributed by atoms with Crippen LogP contribution in [0.4, 0.5) is 0 Å². The van der Waals surface area contributed by atoms with Crippen LogP contribution in [0, 0.1) is 16.7 Å². The standard InChI is InChI=1S/C19H27NO3/c1-5-8-16-17(10-9-15(14(2)21)18(16)22)23-12-7-6-11-19(3,4)13-20/h9-10,22H,5-8,11-12H2,1-4H3. The molecule has 0 radical (unpaired) electrons. The fraction of sp³-hybridized carbons (Fsp3) is 0.579. The van der Waals surface area contributed by atoms with Crippen molar-refractivity contribution < 1.29 is 14.6 Å². The molecule has 0 aliphatic heterocycles. The second-order valence-electron chi connectivity index (χ2n) is 6.55. The van der Waals surface area contributed by atoms with Crippen molar-refractivity contribution >= 4 is 5.78 Å². The van der Waals surface area contributed by atoms with Crippen molar-refractivity contribution in [3.63, 3.8) is 0 Å². The van der Waals surface area contributed by atoms with Crippen molar-refractivity contribution in [3.05, 3.63) is 23.3 Å². The van der Waals surface area contributed by atoms with E-state index >= 15 is 0 Å². The SMILES string of the molecule is CCCc1c(OCCCCC(C)(C)C#N)ccc(C(C)=O)c1O. The first-order valence-corrected chi connectivity index (χ1v) is 8.22. The summed E-state index contributed by atoms with van der Waals surface area (Å²) < 4.78 is 5.80. The number of phenolic OH excluding ortho intramolecular Hbond substituents is 1. The minimum atomic E-state index is -0.297. The van der Waals surface area contributed by atoms with Gasteiger partial charge in [-0.15, -0.1) is 0 Å². The molecule has 0 aromatic heterocycles. The Bertz CT molecular complexity index is 585. The van der Waals surface area contributed by atoms with Crippen LogP contribution in [-0.2, 0) is 6.42 Å². The molecule has 0 saturated carbocycles. The molecule has 1 rings (SSSR count). The van der Waals surface area contributed by atoms with Crippen molar-refractivity contribution in [1.29, 1.82) is 5.26 Å². The van der Waals surface area contributed by atoms with E-state index in [4.69, 9.17) is 10.00 Å². The smallest absolute Gasteiger partial charge is 0.163 e. The molecule has 0 amide bonds. The van der Waals surface area contributed by atoms with E-state index in [0.717, 1.165) is 25.7 Å². The molecule has 1 aromatic carbocycles. The van der Waals surface area contributed by atoms with E-state index in [0.29, 0.717) is 29.9 Å². The molecule has 0 fully saturated rings. The van der Waals surface area contributed by atoms with Crippen LogP contribution in [0.15, 0.2) is 12.1 Å². The number of hydrogen-bond acceptors (Lipinski definition) is 4. The van der Waals surface area contributed by atoms with Crippen LogP contribution in [0.3, 0.4) is 0 Å². The molecule has 4 nitrogen and oxygen atoms in total. The lowest BCUT2D eigenvalue weighted by Crippen LogP contribution is -2.09. The molecule has 0 aliphatic rings. The van der Waals surface area contributed by atoms with Crippen LogP contribution in [0.25, 0.3) is 0 Å². The van der Waals surface area contributed by atoms with E-state index in [2.05, 4.69) is 6.07 Å². The number of carbonyl (C=O) groups excluding carboxylic acids is 1. The maximum Gasteiger partial charge on any atom is 0.163 e. The van der Waals surface area contributed by atoms with E-state index in [1.165, 1.54) is 6.92 Å². The highest BCUT2D eigenvalue weighted by atomic mass is 16.5. The van der Waals surface area contributed by atoms with Crippen LogP contribution < -0.4 is 4.74 Å². The zero-order valence-electron chi connectivity index (χ0n) is 14.6. The largest absolute Gasteiger partial charge is 0.507 e.